The number of amides is 2. The zero-order chi connectivity index (χ0) is 20.4. The maximum Gasteiger partial charge on any atom is 0.227 e. The molecule has 148 valence electrons. The van der Waals surface area contributed by atoms with Gasteiger partial charge >= 0.3 is 0 Å². The van der Waals surface area contributed by atoms with E-state index in [1.165, 1.54) is 40.5 Å². The Morgan fingerprint density at radius 2 is 1.83 bits per heavy atom. The summed E-state index contributed by atoms with van der Waals surface area (Å²) in [5.41, 5.74) is 0.929. The normalized spacial score (nSPS) is 17.4. The second-order valence-corrected chi connectivity index (χ2v) is 7.84. The predicted molar refractivity (Wildman–Crippen MR) is 108 cm³/mol. The lowest BCUT2D eigenvalue weighted by molar-refractivity contribution is -0.126. The highest BCUT2D eigenvalue weighted by Gasteiger charge is 2.37. The Morgan fingerprint density at radius 3 is 2.52 bits per heavy atom. The molecular formula is C22H18F2N2O2S. The summed E-state index contributed by atoms with van der Waals surface area (Å²) >= 11 is 1.48. The number of para-hydroxylation sites is 1. The third-order valence-corrected chi connectivity index (χ3v) is 5.89. The molecule has 2 unspecified atom stereocenters. The van der Waals surface area contributed by atoms with Crippen molar-refractivity contribution < 1.29 is 18.4 Å². The summed E-state index contributed by atoms with van der Waals surface area (Å²) in [6.07, 6.45) is 0.0146. The van der Waals surface area contributed by atoms with Gasteiger partial charge in [-0.25, -0.2) is 8.78 Å². The number of anilines is 1. The van der Waals surface area contributed by atoms with Crippen molar-refractivity contribution in [3.63, 3.8) is 0 Å². The highest BCUT2D eigenvalue weighted by Crippen LogP contribution is 2.30. The van der Waals surface area contributed by atoms with E-state index in [0.29, 0.717) is 0 Å². The Hall–Kier alpha value is -3.06. The fraction of sp³-hybridized carbons (Fsp3) is 0.182. The van der Waals surface area contributed by atoms with E-state index in [2.05, 4.69) is 5.32 Å². The molecule has 4 rings (SSSR count). The smallest absolute Gasteiger partial charge is 0.227 e. The van der Waals surface area contributed by atoms with Crippen LogP contribution in [0.15, 0.2) is 66.0 Å². The van der Waals surface area contributed by atoms with Crippen molar-refractivity contribution in [1.29, 1.82) is 0 Å². The monoisotopic (exact) mass is 412 g/mol. The topological polar surface area (TPSA) is 49.4 Å². The molecule has 0 spiro atoms. The zero-order valence-corrected chi connectivity index (χ0v) is 16.2. The molecule has 1 saturated heterocycles. The summed E-state index contributed by atoms with van der Waals surface area (Å²) < 4.78 is 27.4. The molecule has 1 N–H and O–H groups in total. The molecule has 2 atom stereocenters. The molecule has 1 aliphatic rings. The standard InChI is InChI=1S/C22H18F2N2O2S/c23-16-9-7-14(8-10-16)21(19-6-3-11-29-19)25-22(28)15-12-20(27)26(13-15)18-5-2-1-4-17(18)24/h1-11,15,21H,12-13H2,(H,25,28). The van der Waals surface area contributed by atoms with Gasteiger partial charge < -0.3 is 10.2 Å². The van der Waals surface area contributed by atoms with E-state index in [4.69, 9.17) is 0 Å². The largest absolute Gasteiger partial charge is 0.344 e. The molecule has 0 radical (unpaired) electrons. The first-order valence-corrected chi connectivity index (χ1v) is 10.0. The summed E-state index contributed by atoms with van der Waals surface area (Å²) in [6, 6.07) is 15.3. The minimum absolute atomic E-state index is 0.0146. The van der Waals surface area contributed by atoms with Crippen molar-refractivity contribution in [3.8, 4) is 0 Å². The number of nitrogens with one attached hydrogen (secondary N) is 1. The van der Waals surface area contributed by atoms with Crippen molar-refractivity contribution >= 4 is 28.8 Å². The molecule has 0 aliphatic carbocycles. The third-order valence-electron chi connectivity index (χ3n) is 4.96. The first kappa shape index (κ1) is 19.3. The van der Waals surface area contributed by atoms with Crippen molar-refractivity contribution in [2.75, 3.05) is 11.4 Å². The van der Waals surface area contributed by atoms with E-state index in [-0.39, 0.29) is 36.3 Å². The Bertz CT molecular complexity index is 1020. The molecule has 1 aromatic heterocycles. The Balaban J connectivity index is 1.53. The predicted octanol–water partition coefficient (Wildman–Crippen LogP) is 4.29. The molecule has 0 bridgehead atoms. The van der Waals surface area contributed by atoms with Gasteiger partial charge in [-0.3, -0.25) is 9.59 Å². The number of halogens is 2. The van der Waals surface area contributed by atoms with E-state index in [1.807, 2.05) is 17.5 Å². The minimum Gasteiger partial charge on any atom is -0.344 e. The average molecular weight is 412 g/mol. The number of thiophene rings is 1. The van der Waals surface area contributed by atoms with Crippen LogP contribution in [0.25, 0.3) is 0 Å². The third kappa shape index (κ3) is 4.05. The van der Waals surface area contributed by atoms with Crippen molar-refractivity contribution in [1.82, 2.24) is 5.32 Å². The lowest BCUT2D eigenvalue weighted by atomic mass is 10.0. The lowest BCUT2D eigenvalue weighted by Crippen LogP contribution is -2.35. The molecule has 2 heterocycles. The van der Waals surface area contributed by atoms with Gasteiger partial charge in [0.2, 0.25) is 11.8 Å². The van der Waals surface area contributed by atoms with Gasteiger partial charge in [0.1, 0.15) is 11.6 Å². The Labute approximate surface area is 170 Å². The van der Waals surface area contributed by atoms with Gasteiger partial charge in [0.15, 0.2) is 0 Å². The van der Waals surface area contributed by atoms with Crippen LogP contribution in [0.4, 0.5) is 14.5 Å². The van der Waals surface area contributed by atoms with Gasteiger partial charge in [-0.05, 0) is 41.3 Å². The summed E-state index contributed by atoms with van der Waals surface area (Å²) in [5.74, 6) is -2.02. The zero-order valence-electron chi connectivity index (χ0n) is 15.3. The number of benzene rings is 2. The maximum atomic E-state index is 14.1. The van der Waals surface area contributed by atoms with Crippen molar-refractivity contribution in [3.05, 3.63) is 88.1 Å². The quantitative estimate of drug-likeness (QED) is 0.680. The molecule has 1 fully saturated rings. The van der Waals surface area contributed by atoms with Crippen molar-refractivity contribution in [2.45, 2.75) is 12.5 Å². The summed E-state index contributed by atoms with van der Waals surface area (Å²) in [7, 11) is 0. The maximum absolute atomic E-state index is 14.1. The second-order valence-electron chi connectivity index (χ2n) is 6.87. The number of hydrogen-bond acceptors (Lipinski definition) is 3. The molecule has 2 amide bonds. The van der Waals surface area contributed by atoms with E-state index in [1.54, 1.807) is 24.3 Å². The Morgan fingerprint density at radius 1 is 1.07 bits per heavy atom. The number of nitrogens with zero attached hydrogens (tertiary/aromatic N) is 1. The Kier molecular flexibility index (Phi) is 5.40. The average Bonchev–Trinajstić information content (AvgIpc) is 3.37. The molecular weight excluding hydrogens is 394 g/mol. The van der Waals surface area contributed by atoms with Gasteiger partial charge in [0.05, 0.1) is 17.6 Å². The van der Waals surface area contributed by atoms with Gasteiger partial charge in [0.25, 0.3) is 0 Å². The molecule has 29 heavy (non-hydrogen) atoms. The van der Waals surface area contributed by atoms with Gasteiger partial charge in [-0.1, -0.05) is 30.3 Å². The summed E-state index contributed by atoms with van der Waals surface area (Å²) in [6.45, 7) is 0.117. The van der Waals surface area contributed by atoms with Crippen LogP contribution in [-0.2, 0) is 9.59 Å². The fourth-order valence-corrected chi connectivity index (χ4v) is 4.28. The molecule has 0 saturated carbocycles. The highest BCUT2D eigenvalue weighted by molar-refractivity contribution is 7.10. The number of carbonyl (C=O) groups excluding carboxylic acids is 2. The minimum atomic E-state index is -0.593. The first-order chi connectivity index (χ1) is 14.0. The second kappa shape index (κ2) is 8.13. The van der Waals surface area contributed by atoms with Crippen LogP contribution < -0.4 is 10.2 Å². The van der Waals surface area contributed by atoms with E-state index < -0.39 is 17.8 Å². The van der Waals surface area contributed by atoms with E-state index in [0.717, 1.165) is 10.4 Å². The van der Waals surface area contributed by atoms with Crippen LogP contribution in [-0.4, -0.2) is 18.4 Å². The van der Waals surface area contributed by atoms with Gasteiger partial charge in [0, 0.05) is 17.8 Å². The van der Waals surface area contributed by atoms with E-state index >= 15 is 0 Å². The molecule has 4 nitrogen and oxygen atoms in total. The first-order valence-electron chi connectivity index (χ1n) is 9.17. The van der Waals surface area contributed by atoms with Crippen LogP contribution in [0.3, 0.4) is 0 Å². The SMILES string of the molecule is O=C(NC(c1ccc(F)cc1)c1cccs1)C1CC(=O)N(c2ccccc2F)C1. The lowest BCUT2D eigenvalue weighted by Gasteiger charge is -2.21. The molecule has 3 aromatic rings. The highest BCUT2D eigenvalue weighted by atomic mass is 32.1. The van der Waals surface area contributed by atoms with E-state index in [9.17, 15) is 18.4 Å². The number of carbonyl (C=O) groups is 2. The van der Waals surface area contributed by atoms with Gasteiger partial charge in [-0.2, -0.15) is 0 Å². The van der Waals surface area contributed by atoms with Gasteiger partial charge in [-0.15, -0.1) is 11.3 Å². The van der Waals surface area contributed by atoms with Crippen molar-refractivity contribution in [2.24, 2.45) is 5.92 Å². The summed E-state index contributed by atoms with van der Waals surface area (Å²) in [4.78, 5) is 27.6. The van der Waals surface area contributed by atoms with Crippen LogP contribution in [0.1, 0.15) is 22.9 Å². The number of hydrogen-bond donors (Lipinski definition) is 1. The van der Waals surface area contributed by atoms with Crippen LogP contribution in [0.2, 0.25) is 0 Å². The molecule has 1 aliphatic heterocycles. The van der Waals surface area contributed by atoms with Crippen LogP contribution in [0, 0.1) is 17.6 Å². The molecule has 2 aromatic carbocycles. The van der Waals surface area contributed by atoms with Crippen LogP contribution >= 0.6 is 11.3 Å². The fourth-order valence-electron chi connectivity index (χ4n) is 3.48. The number of rotatable bonds is 5. The summed E-state index contributed by atoms with van der Waals surface area (Å²) in [5, 5.41) is 4.88. The molecule has 7 heteroatoms. The van der Waals surface area contributed by atoms with Crippen LogP contribution in [0.5, 0.6) is 0 Å².